The van der Waals surface area contributed by atoms with Crippen LogP contribution < -0.4 is 14.8 Å². The van der Waals surface area contributed by atoms with Crippen molar-refractivity contribution in [3.05, 3.63) is 131 Å². The maximum Gasteiger partial charge on any atom is 0.349 e. The van der Waals surface area contributed by atoms with Gasteiger partial charge in [0.1, 0.15) is 30.8 Å². The molecule has 4 rings (SSSR count). The zero-order chi connectivity index (χ0) is 37.5. The van der Waals surface area contributed by atoms with Crippen LogP contribution in [0.15, 0.2) is 109 Å². The van der Waals surface area contributed by atoms with Crippen LogP contribution in [0.2, 0.25) is 0 Å². The van der Waals surface area contributed by atoms with Crippen LogP contribution in [0.3, 0.4) is 0 Å². The molecule has 0 bridgehead atoms. The molecule has 0 aliphatic carbocycles. The second kappa shape index (κ2) is 18.9. The summed E-state index contributed by atoms with van der Waals surface area (Å²) < 4.78 is 31.4. The van der Waals surface area contributed by atoms with Crippen LogP contribution in [-0.4, -0.2) is 73.3 Å². The van der Waals surface area contributed by atoms with Gasteiger partial charge in [-0.15, -0.1) is 0 Å². The SMILES string of the molecule is COc1ccc(C(=O)OC(C(=O)O)C(OC(=O)c2ccc(OC)cc2)C(=O)NC(CC(=O)OCc2ccccc2)C(=O)OCc2ccccc2)cc1. The van der Waals surface area contributed by atoms with Crippen molar-refractivity contribution in [2.24, 2.45) is 0 Å². The van der Waals surface area contributed by atoms with E-state index in [1.54, 1.807) is 60.7 Å². The van der Waals surface area contributed by atoms with Crippen LogP contribution >= 0.6 is 0 Å². The quantitative estimate of drug-likeness (QED) is 0.118. The summed E-state index contributed by atoms with van der Waals surface area (Å²) >= 11 is 0. The van der Waals surface area contributed by atoms with Gasteiger partial charge >= 0.3 is 29.8 Å². The summed E-state index contributed by atoms with van der Waals surface area (Å²) in [6.07, 6.45) is -5.56. The van der Waals surface area contributed by atoms with Crippen LogP contribution in [0.5, 0.6) is 11.5 Å². The van der Waals surface area contributed by atoms with E-state index in [0.717, 1.165) is 0 Å². The number of methoxy groups -OCH3 is 2. The van der Waals surface area contributed by atoms with Crippen LogP contribution in [0.25, 0.3) is 0 Å². The summed E-state index contributed by atoms with van der Waals surface area (Å²) in [5.74, 6) is -6.85. The lowest BCUT2D eigenvalue weighted by atomic mass is 10.1. The predicted molar refractivity (Wildman–Crippen MR) is 181 cm³/mol. The number of carboxylic acid groups (broad SMARTS) is 1. The van der Waals surface area contributed by atoms with Gasteiger partial charge in [0.2, 0.25) is 12.2 Å². The topological polar surface area (TPSA) is 190 Å². The fourth-order valence-corrected chi connectivity index (χ4v) is 4.56. The molecule has 0 saturated carbocycles. The molecule has 52 heavy (non-hydrogen) atoms. The Morgan fingerprint density at radius 3 is 1.48 bits per heavy atom. The smallest absolute Gasteiger partial charge is 0.349 e. The molecule has 0 spiro atoms. The Labute approximate surface area is 298 Å². The lowest BCUT2D eigenvalue weighted by molar-refractivity contribution is -0.161. The molecule has 0 heterocycles. The number of rotatable bonds is 17. The van der Waals surface area contributed by atoms with E-state index < -0.39 is 60.4 Å². The first-order valence-corrected chi connectivity index (χ1v) is 15.7. The van der Waals surface area contributed by atoms with Crippen molar-refractivity contribution in [2.45, 2.75) is 37.9 Å². The summed E-state index contributed by atoms with van der Waals surface area (Å²) in [4.78, 5) is 78.9. The van der Waals surface area contributed by atoms with E-state index >= 15 is 0 Å². The summed E-state index contributed by atoms with van der Waals surface area (Å²) in [6.45, 7) is -0.387. The molecule has 0 fully saturated rings. The standard InChI is InChI=1S/C38H35NO13/c1-47-28-17-13-26(14-18-28)36(44)51-32(33(35(42)43)52-37(45)27-15-19-29(48-2)20-16-27)34(41)39-30(38(46)50-23-25-11-7-4-8-12-25)21-31(40)49-22-24-9-5-3-6-10-24/h3-20,30,32-33H,21-23H2,1-2H3,(H,39,41)(H,42,43). The van der Waals surface area contributed by atoms with Gasteiger partial charge in [0, 0.05) is 0 Å². The van der Waals surface area contributed by atoms with Crippen LogP contribution in [-0.2, 0) is 51.3 Å². The largest absolute Gasteiger partial charge is 0.497 e. The van der Waals surface area contributed by atoms with Gasteiger partial charge < -0.3 is 38.8 Å². The molecule has 4 aromatic rings. The van der Waals surface area contributed by atoms with Crippen molar-refractivity contribution in [1.82, 2.24) is 5.32 Å². The van der Waals surface area contributed by atoms with Gasteiger partial charge in [-0.1, -0.05) is 60.7 Å². The van der Waals surface area contributed by atoms with Gasteiger partial charge in [0.05, 0.1) is 31.8 Å². The average Bonchev–Trinajstić information content (AvgIpc) is 3.17. The highest BCUT2D eigenvalue weighted by Gasteiger charge is 2.42. The van der Waals surface area contributed by atoms with Gasteiger partial charge in [-0.2, -0.15) is 0 Å². The van der Waals surface area contributed by atoms with E-state index in [4.69, 9.17) is 28.4 Å². The minimum atomic E-state index is -2.43. The summed E-state index contributed by atoms with van der Waals surface area (Å²) in [7, 11) is 2.81. The summed E-state index contributed by atoms with van der Waals surface area (Å²) in [5, 5.41) is 12.4. The molecule has 3 atom stereocenters. The molecule has 2 N–H and O–H groups in total. The van der Waals surface area contributed by atoms with Gasteiger partial charge in [0.15, 0.2) is 0 Å². The number of carbonyl (C=O) groups is 6. The van der Waals surface area contributed by atoms with Gasteiger partial charge in [-0.3, -0.25) is 9.59 Å². The third-order valence-electron chi connectivity index (χ3n) is 7.33. The van der Waals surface area contributed by atoms with E-state index in [9.17, 15) is 33.9 Å². The number of carbonyl (C=O) groups excluding carboxylic acids is 5. The van der Waals surface area contributed by atoms with E-state index in [1.165, 1.54) is 62.8 Å². The van der Waals surface area contributed by atoms with E-state index in [0.29, 0.717) is 22.6 Å². The van der Waals surface area contributed by atoms with E-state index in [2.05, 4.69) is 5.32 Å². The number of nitrogens with one attached hydrogen (secondary N) is 1. The molecule has 0 aliphatic heterocycles. The molecule has 0 radical (unpaired) electrons. The summed E-state index contributed by atoms with van der Waals surface area (Å²) in [5.41, 5.74) is 1.01. The molecular weight excluding hydrogens is 678 g/mol. The number of esters is 4. The van der Waals surface area contributed by atoms with Crippen molar-refractivity contribution < 1.29 is 62.3 Å². The minimum absolute atomic E-state index is 0.115. The number of hydrogen-bond acceptors (Lipinski definition) is 12. The lowest BCUT2D eigenvalue weighted by Gasteiger charge is -2.25. The highest BCUT2D eigenvalue weighted by Crippen LogP contribution is 2.18. The highest BCUT2D eigenvalue weighted by molar-refractivity contribution is 5.98. The number of aliphatic carboxylic acids is 1. The van der Waals surface area contributed by atoms with E-state index in [1.807, 2.05) is 0 Å². The van der Waals surface area contributed by atoms with Gasteiger partial charge in [-0.05, 0) is 59.7 Å². The zero-order valence-corrected chi connectivity index (χ0v) is 28.1. The first-order chi connectivity index (χ1) is 25.1. The number of benzene rings is 4. The number of ether oxygens (including phenoxy) is 6. The number of hydrogen-bond donors (Lipinski definition) is 2. The molecule has 0 aromatic heterocycles. The van der Waals surface area contributed by atoms with Crippen molar-refractivity contribution in [2.75, 3.05) is 14.2 Å². The maximum atomic E-state index is 13.9. The molecular formula is C38H35NO13. The van der Waals surface area contributed by atoms with Crippen LogP contribution in [0, 0.1) is 0 Å². The first-order valence-electron chi connectivity index (χ1n) is 15.7. The minimum Gasteiger partial charge on any atom is -0.497 e. The highest BCUT2D eigenvalue weighted by atomic mass is 16.6. The molecule has 14 nitrogen and oxygen atoms in total. The maximum absolute atomic E-state index is 13.9. The third-order valence-corrected chi connectivity index (χ3v) is 7.33. The second-order valence-electron chi connectivity index (χ2n) is 11.0. The second-order valence-corrected chi connectivity index (χ2v) is 11.0. The van der Waals surface area contributed by atoms with Gasteiger partial charge in [-0.25, -0.2) is 19.2 Å². The number of amides is 1. The van der Waals surface area contributed by atoms with Crippen molar-refractivity contribution >= 4 is 35.8 Å². The van der Waals surface area contributed by atoms with Crippen molar-refractivity contribution in [3.63, 3.8) is 0 Å². The van der Waals surface area contributed by atoms with Gasteiger partial charge in [0.25, 0.3) is 5.91 Å². The lowest BCUT2D eigenvalue weighted by Crippen LogP contribution is -2.54. The molecule has 0 aliphatic rings. The fourth-order valence-electron chi connectivity index (χ4n) is 4.56. The Balaban J connectivity index is 1.61. The normalized spacial score (nSPS) is 12.2. The fraction of sp³-hybridized carbons (Fsp3) is 0.211. The Morgan fingerprint density at radius 2 is 1.04 bits per heavy atom. The molecule has 14 heteroatoms. The van der Waals surface area contributed by atoms with Crippen LogP contribution in [0.4, 0.5) is 0 Å². The molecule has 4 aromatic carbocycles. The summed E-state index contributed by atoms with van der Waals surface area (Å²) in [6, 6.07) is 26.3. The zero-order valence-electron chi connectivity index (χ0n) is 28.1. The molecule has 270 valence electrons. The molecule has 1 amide bonds. The molecule has 3 unspecified atom stereocenters. The Hall–Kier alpha value is -6.70. The monoisotopic (exact) mass is 713 g/mol. The Morgan fingerprint density at radius 1 is 0.596 bits per heavy atom. The van der Waals surface area contributed by atoms with E-state index in [-0.39, 0.29) is 24.3 Å². The average molecular weight is 714 g/mol. The van der Waals surface area contributed by atoms with Crippen LogP contribution in [0.1, 0.15) is 38.3 Å². The predicted octanol–water partition coefficient (Wildman–Crippen LogP) is 3.90. The Bertz CT molecular complexity index is 1830. The van der Waals surface area contributed by atoms with Crippen molar-refractivity contribution in [3.8, 4) is 11.5 Å². The first kappa shape index (κ1) is 38.1. The third kappa shape index (κ3) is 11.2. The number of carboxylic acids is 1. The Kier molecular flexibility index (Phi) is 13.8. The molecule has 0 saturated heterocycles. The van der Waals surface area contributed by atoms with Crippen molar-refractivity contribution in [1.29, 1.82) is 0 Å².